The Kier molecular flexibility index (Phi) is 6.58. The van der Waals surface area contributed by atoms with Crippen molar-refractivity contribution in [1.82, 2.24) is 0 Å². The van der Waals surface area contributed by atoms with Crippen molar-refractivity contribution < 1.29 is 0 Å². The third-order valence-electron chi connectivity index (χ3n) is 3.51. The smallest absolute Gasteiger partial charge is 0.0495 e. The zero-order valence-corrected chi connectivity index (χ0v) is 12.3. The van der Waals surface area contributed by atoms with Crippen molar-refractivity contribution in [3.05, 3.63) is 0 Å². The molecule has 0 aromatic rings. The molecule has 0 aromatic heterocycles. The first-order chi connectivity index (χ1) is 7.61. The predicted octanol–water partition coefficient (Wildman–Crippen LogP) is 4.69. The van der Waals surface area contributed by atoms with Crippen molar-refractivity contribution in [1.29, 1.82) is 0 Å². The number of hydrogen-bond acceptors (Lipinski definition) is 1. The summed E-state index contributed by atoms with van der Waals surface area (Å²) in [6.45, 7) is 9.45. The van der Waals surface area contributed by atoms with Gasteiger partial charge in [0.15, 0.2) is 0 Å². The van der Waals surface area contributed by atoms with E-state index >= 15 is 0 Å². The maximum atomic E-state index is 4.78. The van der Waals surface area contributed by atoms with Gasteiger partial charge < -0.3 is 0 Å². The molecule has 1 saturated carbocycles. The highest BCUT2D eigenvalue weighted by molar-refractivity contribution is 7.59. The Hall–Kier alpha value is 0.100. The molecule has 0 N–H and O–H groups in total. The summed E-state index contributed by atoms with van der Waals surface area (Å²) < 4.78 is 0. The molecule has 1 rings (SSSR count). The Morgan fingerprint density at radius 1 is 1.06 bits per heavy atom. The normalized spacial score (nSPS) is 19.4. The highest BCUT2D eigenvalue weighted by Crippen LogP contribution is 2.44. The van der Waals surface area contributed by atoms with Crippen molar-refractivity contribution in [2.45, 2.75) is 77.2 Å². The third-order valence-corrected chi connectivity index (χ3v) is 6.75. The van der Waals surface area contributed by atoms with Gasteiger partial charge in [0, 0.05) is 18.4 Å². The zero-order valence-electron chi connectivity index (χ0n) is 11.4. The number of nitrogens with zero attached hydrogens (tertiary/aromatic N) is 1. The lowest BCUT2D eigenvalue weighted by atomic mass is 9.96. The van der Waals surface area contributed by atoms with Gasteiger partial charge in [0.25, 0.3) is 0 Å². The molecule has 0 heterocycles. The molecule has 0 aromatic carbocycles. The van der Waals surface area contributed by atoms with E-state index in [2.05, 4.69) is 33.9 Å². The predicted molar refractivity (Wildman–Crippen MR) is 77.4 cm³/mol. The van der Waals surface area contributed by atoms with E-state index < -0.39 is 0 Å². The molecule has 1 nitrogen and oxygen atoms in total. The summed E-state index contributed by atoms with van der Waals surface area (Å²) in [6.07, 6.45) is 10.4. The van der Waals surface area contributed by atoms with Crippen LogP contribution in [0.5, 0.6) is 0 Å². The van der Waals surface area contributed by atoms with Crippen LogP contribution >= 0.6 is 7.92 Å². The van der Waals surface area contributed by atoms with Crippen LogP contribution < -0.4 is 0 Å². The second-order valence-electron chi connectivity index (χ2n) is 5.51. The lowest BCUT2D eigenvalue weighted by molar-refractivity contribution is 0.444. The summed E-state index contributed by atoms with van der Waals surface area (Å²) in [4.78, 5) is 4.78. The SMILES string of the molecule is CC(C)P(CC=NC1CCCCC1)C(C)C. The maximum Gasteiger partial charge on any atom is 0.0495 e. The third kappa shape index (κ3) is 4.95. The van der Waals surface area contributed by atoms with Crippen LogP contribution in [0.1, 0.15) is 59.8 Å². The molecular formula is C14H28NP. The molecule has 94 valence electrons. The van der Waals surface area contributed by atoms with Crippen LogP contribution in [-0.2, 0) is 0 Å². The van der Waals surface area contributed by atoms with Gasteiger partial charge in [0.2, 0.25) is 0 Å². The standard InChI is InChI=1S/C14H28NP/c1-12(2)16(13(3)4)11-10-15-14-8-6-5-7-9-14/h10,12-14H,5-9,11H2,1-4H3. The zero-order chi connectivity index (χ0) is 12.0. The fourth-order valence-corrected chi connectivity index (χ4v) is 4.86. The molecule has 1 aliphatic rings. The average molecular weight is 241 g/mol. The highest BCUT2D eigenvalue weighted by Gasteiger charge is 2.15. The lowest BCUT2D eigenvalue weighted by Gasteiger charge is -2.24. The molecule has 0 spiro atoms. The van der Waals surface area contributed by atoms with Gasteiger partial charge in [0.05, 0.1) is 0 Å². The van der Waals surface area contributed by atoms with Crippen LogP contribution in [0, 0.1) is 0 Å². The summed E-state index contributed by atoms with van der Waals surface area (Å²) in [7, 11) is 0.145. The summed E-state index contributed by atoms with van der Waals surface area (Å²) in [6, 6.07) is 0.657. The largest absolute Gasteiger partial charge is 0.294 e. The lowest BCUT2D eigenvalue weighted by Crippen LogP contribution is -2.11. The van der Waals surface area contributed by atoms with Crippen LogP contribution in [0.2, 0.25) is 0 Å². The van der Waals surface area contributed by atoms with Gasteiger partial charge in [-0.05, 0) is 24.2 Å². The molecule has 0 unspecified atom stereocenters. The van der Waals surface area contributed by atoms with E-state index in [-0.39, 0.29) is 7.92 Å². The Morgan fingerprint density at radius 2 is 1.62 bits per heavy atom. The van der Waals surface area contributed by atoms with E-state index in [4.69, 9.17) is 4.99 Å². The van der Waals surface area contributed by atoms with E-state index in [9.17, 15) is 0 Å². The van der Waals surface area contributed by atoms with Gasteiger partial charge in [-0.15, -0.1) is 0 Å². The molecule has 16 heavy (non-hydrogen) atoms. The van der Waals surface area contributed by atoms with Crippen LogP contribution in [0.15, 0.2) is 4.99 Å². The second kappa shape index (κ2) is 7.43. The number of hydrogen-bond donors (Lipinski definition) is 0. The number of aliphatic imine (C=N–C) groups is 1. The quantitative estimate of drug-likeness (QED) is 0.489. The van der Waals surface area contributed by atoms with E-state index in [1.807, 2.05) is 0 Å². The monoisotopic (exact) mass is 241 g/mol. The molecule has 0 bridgehead atoms. The Balaban J connectivity index is 2.32. The molecule has 0 atom stereocenters. The summed E-state index contributed by atoms with van der Waals surface area (Å²) in [5, 5.41) is 0. The van der Waals surface area contributed by atoms with E-state index in [1.165, 1.54) is 38.3 Å². The topological polar surface area (TPSA) is 12.4 Å². The minimum atomic E-state index is 0.145. The number of rotatable bonds is 5. The molecule has 0 radical (unpaired) electrons. The molecule has 2 heteroatoms. The van der Waals surface area contributed by atoms with Crippen molar-refractivity contribution in [3.8, 4) is 0 Å². The Labute approximate surface area is 103 Å². The highest BCUT2D eigenvalue weighted by atomic mass is 31.1. The van der Waals surface area contributed by atoms with Gasteiger partial charge in [0.1, 0.15) is 0 Å². The summed E-state index contributed by atoms with van der Waals surface area (Å²) in [5.74, 6) is 0. The molecule has 1 fully saturated rings. The fourth-order valence-electron chi connectivity index (χ4n) is 2.54. The van der Waals surface area contributed by atoms with Crippen LogP contribution in [0.3, 0.4) is 0 Å². The van der Waals surface area contributed by atoms with Gasteiger partial charge in [-0.25, -0.2) is 0 Å². The minimum Gasteiger partial charge on any atom is -0.294 e. The molecule has 0 amide bonds. The fraction of sp³-hybridized carbons (Fsp3) is 0.929. The Bertz CT molecular complexity index is 197. The molecule has 1 aliphatic carbocycles. The maximum absolute atomic E-state index is 4.78. The first-order valence-corrected chi connectivity index (χ1v) is 8.55. The van der Waals surface area contributed by atoms with Crippen molar-refractivity contribution in [3.63, 3.8) is 0 Å². The first kappa shape index (κ1) is 14.2. The van der Waals surface area contributed by atoms with E-state index in [0.717, 1.165) is 11.3 Å². The Morgan fingerprint density at radius 3 is 2.12 bits per heavy atom. The van der Waals surface area contributed by atoms with Gasteiger partial charge in [-0.2, -0.15) is 0 Å². The van der Waals surface area contributed by atoms with Crippen LogP contribution in [0.4, 0.5) is 0 Å². The molecule has 0 aliphatic heterocycles. The van der Waals surface area contributed by atoms with Crippen molar-refractivity contribution >= 4 is 14.1 Å². The van der Waals surface area contributed by atoms with Crippen LogP contribution in [-0.4, -0.2) is 29.7 Å². The van der Waals surface area contributed by atoms with E-state index in [0.29, 0.717) is 6.04 Å². The summed E-state index contributed by atoms with van der Waals surface area (Å²) >= 11 is 0. The summed E-state index contributed by atoms with van der Waals surface area (Å²) in [5.41, 5.74) is 1.68. The van der Waals surface area contributed by atoms with Crippen molar-refractivity contribution in [2.75, 3.05) is 6.16 Å². The average Bonchev–Trinajstić information content (AvgIpc) is 2.24. The first-order valence-electron chi connectivity index (χ1n) is 6.88. The van der Waals surface area contributed by atoms with Gasteiger partial charge >= 0.3 is 0 Å². The molecule has 0 saturated heterocycles. The van der Waals surface area contributed by atoms with E-state index in [1.54, 1.807) is 0 Å². The van der Waals surface area contributed by atoms with Crippen molar-refractivity contribution in [2.24, 2.45) is 4.99 Å². The molecular weight excluding hydrogens is 213 g/mol. The van der Waals surface area contributed by atoms with Crippen LogP contribution in [0.25, 0.3) is 0 Å². The van der Waals surface area contributed by atoms with Gasteiger partial charge in [-0.3, -0.25) is 4.99 Å². The minimum absolute atomic E-state index is 0.145. The van der Waals surface area contributed by atoms with Gasteiger partial charge in [-0.1, -0.05) is 54.9 Å². The second-order valence-corrected chi connectivity index (χ2v) is 8.97.